The molecule has 348 valence electrons. The molecule has 0 aliphatic carbocycles. The molecule has 8 heteroatoms. The first-order valence-corrected chi connectivity index (χ1v) is 25.2. The molecule has 2 unspecified atom stereocenters. The Bertz CT molecular complexity index is 978. The maximum Gasteiger partial charge on any atom is 0.306 e. The van der Waals surface area contributed by atoms with Crippen LogP contribution in [0, 0.1) is 0 Å². The minimum absolute atomic E-state index is 0.0456. The number of carbonyl (C=O) groups excluding carboxylic acids is 3. The molecule has 0 aliphatic rings. The monoisotopic (exact) mass is 836 g/mol. The number of hydrogen-bond acceptors (Lipinski definition) is 7. The van der Waals surface area contributed by atoms with Crippen LogP contribution in [0.2, 0.25) is 0 Å². The van der Waals surface area contributed by atoms with Crippen LogP contribution in [0.4, 0.5) is 0 Å². The molecule has 0 radical (unpaired) electrons. The topological polar surface area (TPSA) is 102 Å². The van der Waals surface area contributed by atoms with Crippen molar-refractivity contribution in [3.63, 3.8) is 0 Å². The maximum absolute atomic E-state index is 12.8. The molecule has 0 spiro atoms. The lowest BCUT2D eigenvalue weighted by molar-refractivity contribution is -0.889. The second-order valence-corrected chi connectivity index (χ2v) is 18.4. The summed E-state index contributed by atoms with van der Waals surface area (Å²) in [5.41, 5.74) is 0. The number of hydrogen-bond donors (Lipinski definition) is 0. The zero-order valence-electron chi connectivity index (χ0n) is 39.7. The fraction of sp³-hybridized carbons (Fsp3) is 0.902. The molecule has 0 saturated carbocycles. The second kappa shape index (κ2) is 42.7. The van der Waals surface area contributed by atoms with Crippen LogP contribution in [0.5, 0.6) is 0 Å². The minimum Gasteiger partial charge on any atom is -0.544 e. The summed E-state index contributed by atoms with van der Waals surface area (Å²) in [6.45, 7) is 4.70. The summed E-state index contributed by atoms with van der Waals surface area (Å²) >= 11 is 0. The Morgan fingerprint density at radius 3 is 1.22 bits per heavy atom. The van der Waals surface area contributed by atoms with Crippen molar-refractivity contribution in [2.24, 2.45) is 0 Å². The van der Waals surface area contributed by atoms with Gasteiger partial charge < -0.3 is 28.6 Å². The summed E-state index contributed by atoms with van der Waals surface area (Å²) < 4.78 is 17.2. The smallest absolute Gasteiger partial charge is 0.306 e. The van der Waals surface area contributed by atoms with Crippen molar-refractivity contribution in [1.82, 2.24) is 0 Å². The van der Waals surface area contributed by atoms with Gasteiger partial charge in [0.2, 0.25) is 0 Å². The molecule has 0 aromatic carbocycles. The highest BCUT2D eigenvalue weighted by molar-refractivity contribution is 5.70. The molecule has 0 aromatic heterocycles. The normalized spacial score (nSPS) is 12.9. The number of ether oxygens (including phenoxy) is 3. The van der Waals surface area contributed by atoms with E-state index < -0.39 is 18.1 Å². The molecule has 0 fully saturated rings. The van der Waals surface area contributed by atoms with Gasteiger partial charge in [-0.25, -0.2) is 0 Å². The number of aliphatic carboxylic acids is 1. The number of esters is 2. The lowest BCUT2D eigenvalue weighted by Crippen LogP contribution is -2.55. The molecule has 0 heterocycles. The lowest BCUT2D eigenvalue weighted by atomic mass is 10.0. The van der Waals surface area contributed by atoms with E-state index in [4.69, 9.17) is 14.2 Å². The SMILES string of the molecule is CCCCCCCCCC/C=C/CCCCCCCCCC(=O)OCC(COCCC(C(=O)[O-])[N+](C)(C)C)OC(=O)CCCCCCCCCCCCCCCCCC. The van der Waals surface area contributed by atoms with E-state index in [1.807, 2.05) is 21.1 Å². The summed E-state index contributed by atoms with van der Waals surface area (Å²) in [5, 5.41) is 11.6. The Morgan fingerprint density at radius 2 is 0.847 bits per heavy atom. The van der Waals surface area contributed by atoms with Crippen LogP contribution in [-0.2, 0) is 28.6 Å². The Balaban J connectivity index is 4.23. The van der Waals surface area contributed by atoms with Gasteiger partial charge in [0, 0.05) is 19.3 Å². The third kappa shape index (κ3) is 41.2. The number of unbranched alkanes of at least 4 members (excludes halogenated alkanes) is 30. The van der Waals surface area contributed by atoms with E-state index >= 15 is 0 Å². The fourth-order valence-corrected chi connectivity index (χ4v) is 7.71. The first-order chi connectivity index (χ1) is 28.6. The van der Waals surface area contributed by atoms with Gasteiger partial charge in [-0.3, -0.25) is 9.59 Å². The fourth-order valence-electron chi connectivity index (χ4n) is 7.71. The van der Waals surface area contributed by atoms with Crippen molar-refractivity contribution < 1.29 is 38.2 Å². The Morgan fingerprint density at radius 1 is 0.492 bits per heavy atom. The van der Waals surface area contributed by atoms with Crippen molar-refractivity contribution in [3.8, 4) is 0 Å². The first kappa shape index (κ1) is 57.1. The van der Waals surface area contributed by atoms with Crippen molar-refractivity contribution >= 4 is 17.9 Å². The number of carboxylic acids is 1. The van der Waals surface area contributed by atoms with Crippen molar-refractivity contribution in [2.75, 3.05) is 41.0 Å². The standard InChI is InChI=1S/C51H97NO7/c1-6-8-10-12-14-16-18-20-22-24-25-26-28-29-31-33-35-37-39-41-49(53)58-46-47(45-57-44-43-48(51(55)56)52(3,4)5)59-50(54)42-40-38-36-34-32-30-27-23-21-19-17-15-13-11-9-7-2/h24-25,47-48H,6-23,26-46H2,1-5H3/b25-24+. The highest BCUT2D eigenvalue weighted by Crippen LogP contribution is 2.16. The molecule has 0 aromatic rings. The number of likely N-dealkylation sites (N-methyl/N-ethyl adjacent to an activating group) is 1. The number of allylic oxidation sites excluding steroid dienone is 2. The van der Waals surface area contributed by atoms with Crippen LogP contribution in [0.1, 0.15) is 245 Å². The van der Waals surface area contributed by atoms with Crippen molar-refractivity contribution in [1.29, 1.82) is 0 Å². The molecule has 0 amide bonds. The van der Waals surface area contributed by atoms with Crippen LogP contribution in [-0.4, -0.2) is 75.5 Å². The van der Waals surface area contributed by atoms with E-state index in [0.29, 0.717) is 12.8 Å². The van der Waals surface area contributed by atoms with Gasteiger partial charge in [-0.1, -0.05) is 199 Å². The third-order valence-corrected chi connectivity index (χ3v) is 11.7. The van der Waals surface area contributed by atoms with Gasteiger partial charge in [0.25, 0.3) is 0 Å². The van der Waals surface area contributed by atoms with E-state index in [1.54, 1.807) is 0 Å². The van der Waals surface area contributed by atoms with Gasteiger partial charge in [-0.2, -0.15) is 0 Å². The van der Waals surface area contributed by atoms with E-state index in [-0.39, 0.29) is 42.7 Å². The summed E-state index contributed by atoms with van der Waals surface area (Å²) in [6.07, 6.45) is 46.6. The molecule has 8 nitrogen and oxygen atoms in total. The Kier molecular flexibility index (Phi) is 41.3. The summed E-state index contributed by atoms with van der Waals surface area (Å²) in [5.74, 6) is -1.72. The van der Waals surface area contributed by atoms with E-state index in [9.17, 15) is 19.5 Å². The number of carboxylic acid groups (broad SMARTS) is 1. The molecule has 0 N–H and O–H groups in total. The van der Waals surface area contributed by atoms with E-state index in [2.05, 4.69) is 26.0 Å². The van der Waals surface area contributed by atoms with Gasteiger partial charge in [-0.15, -0.1) is 0 Å². The largest absolute Gasteiger partial charge is 0.544 e. The minimum atomic E-state index is -1.12. The van der Waals surface area contributed by atoms with E-state index in [1.165, 1.54) is 173 Å². The Labute approximate surface area is 365 Å². The summed E-state index contributed by atoms with van der Waals surface area (Å²) in [6, 6.07) is -0.722. The number of nitrogens with zero attached hydrogens (tertiary/aromatic N) is 1. The molecule has 0 rings (SSSR count). The third-order valence-electron chi connectivity index (χ3n) is 11.7. The zero-order chi connectivity index (χ0) is 43.5. The van der Waals surface area contributed by atoms with E-state index in [0.717, 1.165) is 38.5 Å². The number of rotatable bonds is 46. The molecular formula is C51H97NO7. The zero-order valence-corrected chi connectivity index (χ0v) is 39.7. The molecular weight excluding hydrogens is 739 g/mol. The lowest BCUT2D eigenvalue weighted by Gasteiger charge is -2.34. The highest BCUT2D eigenvalue weighted by atomic mass is 16.6. The summed E-state index contributed by atoms with van der Waals surface area (Å²) in [4.78, 5) is 37.0. The van der Waals surface area contributed by atoms with Crippen LogP contribution >= 0.6 is 0 Å². The van der Waals surface area contributed by atoms with Crippen molar-refractivity contribution in [2.45, 2.75) is 257 Å². The molecule has 0 saturated heterocycles. The van der Waals surface area contributed by atoms with Crippen LogP contribution in [0.25, 0.3) is 0 Å². The van der Waals surface area contributed by atoms with Crippen LogP contribution in [0.3, 0.4) is 0 Å². The van der Waals surface area contributed by atoms with Crippen LogP contribution < -0.4 is 5.11 Å². The average Bonchev–Trinajstić information content (AvgIpc) is 3.19. The number of quaternary nitrogens is 1. The van der Waals surface area contributed by atoms with Gasteiger partial charge in [0.05, 0.1) is 40.3 Å². The second-order valence-electron chi connectivity index (χ2n) is 18.4. The quantitative estimate of drug-likeness (QED) is 0.0260. The highest BCUT2D eigenvalue weighted by Gasteiger charge is 2.25. The Hall–Kier alpha value is -1.93. The molecule has 0 aliphatic heterocycles. The number of carbonyl (C=O) groups is 3. The first-order valence-electron chi connectivity index (χ1n) is 25.2. The molecule has 0 bridgehead atoms. The molecule has 59 heavy (non-hydrogen) atoms. The van der Waals surface area contributed by atoms with Crippen molar-refractivity contribution in [3.05, 3.63) is 12.2 Å². The van der Waals surface area contributed by atoms with Gasteiger partial charge in [0.15, 0.2) is 6.10 Å². The molecule has 2 atom stereocenters. The van der Waals surface area contributed by atoms with Crippen LogP contribution in [0.15, 0.2) is 12.2 Å². The van der Waals surface area contributed by atoms with Gasteiger partial charge in [0.1, 0.15) is 12.6 Å². The average molecular weight is 836 g/mol. The summed E-state index contributed by atoms with van der Waals surface area (Å²) in [7, 11) is 5.42. The predicted octanol–water partition coefficient (Wildman–Crippen LogP) is 12.9. The van der Waals surface area contributed by atoms with Gasteiger partial charge >= 0.3 is 11.9 Å². The predicted molar refractivity (Wildman–Crippen MR) is 245 cm³/mol. The maximum atomic E-state index is 12.8. The van der Waals surface area contributed by atoms with Gasteiger partial charge in [-0.05, 0) is 38.5 Å².